The molecule has 1 N–H and O–H groups in total. The van der Waals surface area contributed by atoms with E-state index in [4.69, 9.17) is 4.74 Å². The molecule has 0 unspecified atom stereocenters. The van der Waals surface area contributed by atoms with Crippen molar-refractivity contribution in [2.75, 3.05) is 11.9 Å². The van der Waals surface area contributed by atoms with Gasteiger partial charge in [0.05, 0.1) is 25.0 Å². The third-order valence-electron chi connectivity index (χ3n) is 4.03. The summed E-state index contributed by atoms with van der Waals surface area (Å²) in [5, 5.41) is 3.14. The lowest BCUT2D eigenvalue weighted by Crippen LogP contribution is -2.27. The average Bonchev–Trinajstić information content (AvgIpc) is 3.12. The Bertz CT molecular complexity index is 904. The number of aromatic nitrogens is 4. The second-order valence-electron chi connectivity index (χ2n) is 5.74. The van der Waals surface area contributed by atoms with E-state index < -0.39 is 0 Å². The molecule has 7 heteroatoms. The molecule has 0 aliphatic carbocycles. The molecule has 3 heterocycles. The van der Waals surface area contributed by atoms with Crippen molar-refractivity contribution < 1.29 is 4.74 Å². The van der Waals surface area contributed by atoms with Gasteiger partial charge in [0.1, 0.15) is 5.52 Å². The zero-order valence-corrected chi connectivity index (χ0v) is 13.1. The van der Waals surface area contributed by atoms with Crippen LogP contribution in [0, 0.1) is 0 Å². The van der Waals surface area contributed by atoms with E-state index in [0.717, 1.165) is 25.1 Å². The molecule has 0 amide bonds. The molecule has 1 saturated heterocycles. The molecule has 1 aliphatic rings. The van der Waals surface area contributed by atoms with E-state index in [-0.39, 0.29) is 11.7 Å². The molecule has 1 fully saturated rings. The fourth-order valence-corrected chi connectivity index (χ4v) is 2.83. The largest absolute Gasteiger partial charge is 0.376 e. The summed E-state index contributed by atoms with van der Waals surface area (Å²) in [5.41, 5.74) is 1.81. The molecule has 1 atom stereocenters. The van der Waals surface area contributed by atoms with Crippen molar-refractivity contribution in [3.8, 4) is 0 Å². The number of nitrogens with one attached hydrogen (secondary N) is 1. The van der Waals surface area contributed by atoms with E-state index in [1.165, 1.54) is 6.20 Å². The predicted molar refractivity (Wildman–Crippen MR) is 90.3 cm³/mol. The van der Waals surface area contributed by atoms with Crippen molar-refractivity contribution in [2.24, 2.45) is 0 Å². The van der Waals surface area contributed by atoms with Crippen molar-refractivity contribution in [2.45, 2.75) is 25.5 Å². The first kappa shape index (κ1) is 14.8. The van der Waals surface area contributed by atoms with Gasteiger partial charge in [0.25, 0.3) is 5.56 Å². The molecule has 0 bridgehead atoms. The summed E-state index contributed by atoms with van der Waals surface area (Å²) < 4.78 is 7.27. The molecule has 2 aromatic heterocycles. The second-order valence-corrected chi connectivity index (χ2v) is 5.74. The van der Waals surface area contributed by atoms with Crippen molar-refractivity contribution in [3.63, 3.8) is 0 Å². The fraction of sp³-hybridized carbons (Fsp3) is 0.294. The summed E-state index contributed by atoms with van der Waals surface area (Å²) in [4.78, 5) is 25.2. The highest BCUT2D eigenvalue weighted by molar-refractivity contribution is 5.71. The van der Waals surface area contributed by atoms with E-state index in [1.807, 2.05) is 30.3 Å². The normalized spacial score (nSPS) is 17.2. The topological polar surface area (TPSA) is 81.9 Å². The molecule has 4 rings (SSSR count). The standard InChI is InChI=1S/C17H17N5O2/c23-15-10-18-14-9-19-17(20-12-5-2-1-3-6-12)21-16(14)22(15)11-13-7-4-8-24-13/h1-3,5-6,9-10,13H,4,7-8,11H2,(H,19,20,21)/t13-/m1/s1. The van der Waals surface area contributed by atoms with Crippen LogP contribution in [-0.4, -0.2) is 32.2 Å². The molecule has 3 aromatic rings. The zero-order chi connectivity index (χ0) is 16.4. The zero-order valence-electron chi connectivity index (χ0n) is 13.1. The van der Waals surface area contributed by atoms with Crippen LogP contribution in [0.5, 0.6) is 0 Å². The Labute approximate surface area is 138 Å². The number of nitrogens with zero attached hydrogens (tertiary/aromatic N) is 4. The first-order valence-electron chi connectivity index (χ1n) is 7.96. The predicted octanol–water partition coefficient (Wildman–Crippen LogP) is 2.11. The number of para-hydroxylation sites is 1. The first-order valence-corrected chi connectivity index (χ1v) is 7.96. The highest BCUT2D eigenvalue weighted by Crippen LogP contribution is 2.17. The molecule has 7 nitrogen and oxygen atoms in total. The van der Waals surface area contributed by atoms with E-state index in [1.54, 1.807) is 10.8 Å². The van der Waals surface area contributed by atoms with Gasteiger partial charge in [-0.05, 0) is 25.0 Å². The summed E-state index contributed by atoms with van der Waals surface area (Å²) in [5.74, 6) is 0.433. The lowest BCUT2D eigenvalue weighted by atomic mass is 10.2. The monoisotopic (exact) mass is 323 g/mol. The summed E-state index contributed by atoms with van der Waals surface area (Å²) in [6, 6.07) is 9.65. The molecule has 1 aromatic carbocycles. The highest BCUT2D eigenvalue weighted by atomic mass is 16.5. The fourth-order valence-electron chi connectivity index (χ4n) is 2.83. The molecule has 0 radical (unpaired) electrons. The third-order valence-corrected chi connectivity index (χ3v) is 4.03. The first-order chi connectivity index (χ1) is 11.8. The minimum atomic E-state index is -0.178. The molecule has 0 saturated carbocycles. The van der Waals surface area contributed by atoms with Crippen LogP contribution in [0.4, 0.5) is 11.6 Å². The lowest BCUT2D eigenvalue weighted by Gasteiger charge is -2.14. The van der Waals surface area contributed by atoms with Crippen LogP contribution in [-0.2, 0) is 11.3 Å². The van der Waals surface area contributed by atoms with E-state index >= 15 is 0 Å². The van der Waals surface area contributed by atoms with Gasteiger partial charge in [-0.3, -0.25) is 9.36 Å². The summed E-state index contributed by atoms with van der Waals surface area (Å²) in [6.45, 7) is 1.23. The van der Waals surface area contributed by atoms with Crippen molar-refractivity contribution in [1.29, 1.82) is 0 Å². The van der Waals surface area contributed by atoms with Crippen molar-refractivity contribution in [1.82, 2.24) is 19.5 Å². The van der Waals surface area contributed by atoms with E-state index in [0.29, 0.717) is 23.7 Å². The lowest BCUT2D eigenvalue weighted by molar-refractivity contribution is 0.0970. The van der Waals surface area contributed by atoms with Gasteiger partial charge in [0, 0.05) is 12.3 Å². The average molecular weight is 323 g/mol. The van der Waals surface area contributed by atoms with Gasteiger partial charge >= 0.3 is 0 Å². The van der Waals surface area contributed by atoms with Crippen LogP contribution >= 0.6 is 0 Å². The number of fused-ring (bicyclic) bond motifs is 1. The van der Waals surface area contributed by atoms with Gasteiger partial charge in [-0.2, -0.15) is 4.98 Å². The van der Waals surface area contributed by atoms with Gasteiger partial charge in [-0.25, -0.2) is 9.97 Å². The van der Waals surface area contributed by atoms with Crippen LogP contribution < -0.4 is 10.9 Å². The third kappa shape index (κ3) is 2.98. The molecular weight excluding hydrogens is 306 g/mol. The Morgan fingerprint density at radius 1 is 1.21 bits per heavy atom. The summed E-state index contributed by atoms with van der Waals surface area (Å²) in [6.07, 6.45) is 4.97. The van der Waals surface area contributed by atoms with Gasteiger partial charge in [-0.1, -0.05) is 18.2 Å². The quantitative estimate of drug-likeness (QED) is 0.792. The molecule has 0 spiro atoms. The highest BCUT2D eigenvalue weighted by Gasteiger charge is 2.18. The van der Waals surface area contributed by atoms with Crippen molar-refractivity contribution >= 4 is 22.8 Å². The van der Waals surface area contributed by atoms with Gasteiger partial charge < -0.3 is 10.1 Å². The minimum absolute atomic E-state index is 0.0498. The molecule has 24 heavy (non-hydrogen) atoms. The van der Waals surface area contributed by atoms with E-state index in [2.05, 4.69) is 20.3 Å². The van der Waals surface area contributed by atoms with Gasteiger partial charge in [0.15, 0.2) is 5.65 Å². The number of anilines is 2. The number of benzene rings is 1. The Hall–Kier alpha value is -2.80. The van der Waals surface area contributed by atoms with Crippen molar-refractivity contribution in [3.05, 3.63) is 53.1 Å². The Morgan fingerprint density at radius 3 is 2.88 bits per heavy atom. The Balaban J connectivity index is 1.72. The van der Waals surface area contributed by atoms with Crippen LogP contribution in [0.3, 0.4) is 0 Å². The SMILES string of the molecule is O=c1cnc2cnc(Nc3ccccc3)nc2n1C[C@H]1CCCO1. The number of hydrogen-bond donors (Lipinski definition) is 1. The number of ether oxygens (including phenoxy) is 1. The Morgan fingerprint density at radius 2 is 2.08 bits per heavy atom. The Kier molecular flexibility index (Phi) is 3.92. The van der Waals surface area contributed by atoms with Crippen LogP contribution in [0.1, 0.15) is 12.8 Å². The number of rotatable bonds is 4. The van der Waals surface area contributed by atoms with Crippen LogP contribution in [0.2, 0.25) is 0 Å². The molecular formula is C17H17N5O2. The van der Waals surface area contributed by atoms with E-state index in [9.17, 15) is 4.79 Å². The summed E-state index contributed by atoms with van der Waals surface area (Å²) >= 11 is 0. The van der Waals surface area contributed by atoms with Crippen LogP contribution in [0.25, 0.3) is 11.2 Å². The molecule has 1 aliphatic heterocycles. The van der Waals surface area contributed by atoms with Gasteiger partial charge in [-0.15, -0.1) is 0 Å². The van der Waals surface area contributed by atoms with Crippen LogP contribution in [0.15, 0.2) is 47.5 Å². The minimum Gasteiger partial charge on any atom is -0.376 e. The summed E-state index contributed by atoms with van der Waals surface area (Å²) in [7, 11) is 0. The number of hydrogen-bond acceptors (Lipinski definition) is 6. The maximum absolute atomic E-state index is 12.3. The van der Waals surface area contributed by atoms with Gasteiger partial charge in [0.2, 0.25) is 5.95 Å². The molecule has 122 valence electrons. The maximum Gasteiger partial charge on any atom is 0.270 e. The second kappa shape index (κ2) is 6.37. The smallest absolute Gasteiger partial charge is 0.270 e. The maximum atomic E-state index is 12.3.